The van der Waals surface area contributed by atoms with Gasteiger partial charge in [0.25, 0.3) is 8.03 Å². The molecule has 0 rings (SSSR count). The Morgan fingerprint density at radius 3 is 2.67 bits per heavy atom. The molecule has 0 bridgehead atoms. The standard InChI is InChI=1S/C5H13O6P/c1-9-2-3-10-4-5(6)12(8)11-7/h5-7,12H,2-4H2,1H3. The van der Waals surface area contributed by atoms with Crippen LogP contribution in [0.3, 0.4) is 0 Å². The number of aliphatic hydroxyl groups excluding tert-OH is 1. The number of hydrogen-bond acceptors (Lipinski definition) is 6. The second-order valence-electron chi connectivity index (χ2n) is 1.99. The molecule has 74 valence electrons. The van der Waals surface area contributed by atoms with Crippen molar-refractivity contribution in [1.82, 2.24) is 0 Å². The van der Waals surface area contributed by atoms with Gasteiger partial charge in [-0.25, -0.2) is 5.26 Å². The number of methoxy groups -OCH3 is 1. The van der Waals surface area contributed by atoms with Crippen LogP contribution in [-0.2, 0) is 18.7 Å². The van der Waals surface area contributed by atoms with Crippen molar-refractivity contribution in [3.8, 4) is 0 Å². The average molecular weight is 200 g/mol. The molecule has 0 spiro atoms. The molecule has 0 aliphatic heterocycles. The molecule has 0 aliphatic carbocycles. The van der Waals surface area contributed by atoms with Crippen LogP contribution in [-0.4, -0.2) is 43.1 Å². The van der Waals surface area contributed by atoms with Gasteiger partial charge >= 0.3 is 0 Å². The molecule has 0 heterocycles. The van der Waals surface area contributed by atoms with Crippen LogP contribution in [0.5, 0.6) is 0 Å². The summed E-state index contributed by atoms with van der Waals surface area (Å²) in [5, 5.41) is 16.8. The minimum atomic E-state index is -2.80. The first-order valence-corrected chi connectivity index (χ1v) is 4.71. The first kappa shape index (κ1) is 12.0. The maximum atomic E-state index is 10.5. The van der Waals surface area contributed by atoms with Gasteiger partial charge in [0.2, 0.25) is 0 Å². The summed E-state index contributed by atoms with van der Waals surface area (Å²) in [6, 6.07) is 0. The van der Waals surface area contributed by atoms with E-state index in [1.54, 1.807) is 0 Å². The van der Waals surface area contributed by atoms with Gasteiger partial charge in [-0.05, 0) is 0 Å². The first-order valence-electron chi connectivity index (χ1n) is 3.32. The summed E-state index contributed by atoms with van der Waals surface area (Å²) in [6.45, 7) is 0.559. The van der Waals surface area contributed by atoms with Gasteiger partial charge in [-0.1, -0.05) is 0 Å². The molecule has 0 aromatic rings. The van der Waals surface area contributed by atoms with Crippen LogP contribution in [0.25, 0.3) is 0 Å². The predicted octanol–water partition coefficient (Wildman–Crippen LogP) is -0.0679. The van der Waals surface area contributed by atoms with E-state index in [1.807, 2.05) is 0 Å². The molecule has 0 fully saturated rings. The van der Waals surface area contributed by atoms with Gasteiger partial charge in [0.05, 0.1) is 19.8 Å². The molecule has 0 radical (unpaired) electrons. The molecular weight excluding hydrogens is 187 g/mol. The Hall–Kier alpha value is 0.0300. The zero-order valence-electron chi connectivity index (χ0n) is 6.73. The van der Waals surface area contributed by atoms with Crippen molar-refractivity contribution in [2.24, 2.45) is 0 Å². The van der Waals surface area contributed by atoms with Gasteiger partial charge < -0.3 is 14.6 Å². The fraction of sp³-hybridized carbons (Fsp3) is 1.00. The van der Waals surface area contributed by atoms with Crippen LogP contribution in [0.4, 0.5) is 0 Å². The van der Waals surface area contributed by atoms with Crippen molar-refractivity contribution < 1.29 is 29.1 Å². The number of ether oxygens (including phenoxy) is 2. The molecule has 0 saturated carbocycles. The zero-order chi connectivity index (χ0) is 9.40. The van der Waals surface area contributed by atoms with E-state index in [1.165, 1.54) is 7.11 Å². The van der Waals surface area contributed by atoms with Crippen molar-refractivity contribution in [2.75, 3.05) is 26.9 Å². The lowest BCUT2D eigenvalue weighted by molar-refractivity contribution is -0.135. The molecule has 0 saturated heterocycles. The Labute approximate surface area is 70.8 Å². The topological polar surface area (TPSA) is 85.2 Å². The Morgan fingerprint density at radius 1 is 1.50 bits per heavy atom. The summed E-state index contributed by atoms with van der Waals surface area (Å²) in [5.41, 5.74) is 0. The van der Waals surface area contributed by atoms with Crippen molar-refractivity contribution in [3.63, 3.8) is 0 Å². The van der Waals surface area contributed by atoms with Crippen molar-refractivity contribution in [2.45, 2.75) is 5.85 Å². The molecule has 2 atom stereocenters. The SMILES string of the molecule is COCCOCC(O)[PH](=O)OO. The normalized spacial score (nSPS) is 15.9. The summed E-state index contributed by atoms with van der Waals surface area (Å²) in [4.78, 5) is 0. The van der Waals surface area contributed by atoms with E-state index in [9.17, 15) is 4.57 Å². The largest absolute Gasteiger partial charge is 0.382 e. The molecule has 2 N–H and O–H groups in total. The van der Waals surface area contributed by atoms with Crippen LogP contribution in [0.15, 0.2) is 0 Å². The van der Waals surface area contributed by atoms with Gasteiger partial charge in [0, 0.05) is 7.11 Å². The molecule has 0 aromatic carbocycles. The van der Waals surface area contributed by atoms with Crippen molar-refractivity contribution in [1.29, 1.82) is 0 Å². The van der Waals surface area contributed by atoms with Crippen molar-refractivity contribution in [3.05, 3.63) is 0 Å². The number of aliphatic hydroxyl groups is 1. The van der Waals surface area contributed by atoms with Gasteiger partial charge in [0.1, 0.15) is 0 Å². The lowest BCUT2D eigenvalue weighted by atomic mass is 10.7. The Bertz CT molecular complexity index is 129. The second-order valence-corrected chi connectivity index (χ2v) is 3.48. The van der Waals surface area contributed by atoms with E-state index >= 15 is 0 Å². The van der Waals surface area contributed by atoms with Gasteiger partial charge in [-0.3, -0.25) is 4.57 Å². The highest BCUT2D eigenvalue weighted by atomic mass is 31.1. The van der Waals surface area contributed by atoms with Crippen molar-refractivity contribution >= 4 is 8.03 Å². The predicted molar refractivity (Wildman–Crippen MR) is 41.4 cm³/mol. The van der Waals surface area contributed by atoms with Crippen LogP contribution in [0.2, 0.25) is 0 Å². The van der Waals surface area contributed by atoms with E-state index in [0.717, 1.165) is 0 Å². The Balaban J connectivity index is 3.31. The minimum absolute atomic E-state index is 0.137. The van der Waals surface area contributed by atoms with Crippen LogP contribution in [0, 0.1) is 0 Å². The first-order chi connectivity index (χ1) is 5.72. The van der Waals surface area contributed by atoms with Gasteiger partial charge in [-0.15, -0.1) is 0 Å². The maximum absolute atomic E-state index is 10.5. The van der Waals surface area contributed by atoms with Crippen LogP contribution < -0.4 is 0 Å². The van der Waals surface area contributed by atoms with E-state index in [0.29, 0.717) is 13.2 Å². The Kier molecular flexibility index (Phi) is 7.69. The molecule has 0 amide bonds. The van der Waals surface area contributed by atoms with E-state index in [-0.39, 0.29) is 6.61 Å². The molecular formula is C5H13O6P. The van der Waals surface area contributed by atoms with E-state index in [4.69, 9.17) is 15.1 Å². The number of rotatable bonds is 7. The summed E-state index contributed by atoms with van der Waals surface area (Å²) >= 11 is 0. The fourth-order valence-electron chi connectivity index (χ4n) is 0.466. The molecule has 0 aromatic heterocycles. The molecule has 7 heteroatoms. The van der Waals surface area contributed by atoms with E-state index in [2.05, 4.69) is 9.41 Å². The third kappa shape index (κ3) is 5.65. The highest BCUT2D eigenvalue weighted by Gasteiger charge is 2.12. The zero-order valence-corrected chi connectivity index (χ0v) is 7.73. The fourth-order valence-corrected chi connectivity index (χ4v) is 0.842. The van der Waals surface area contributed by atoms with Crippen LogP contribution in [0.1, 0.15) is 0 Å². The Morgan fingerprint density at radius 2 is 2.17 bits per heavy atom. The lowest BCUT2D eigenvalue weighted by Gasteiger charge is -2.08. The highest BCUT2D eigenvalue weighted by Crippen LogP contribution is 2.25. The quantitative estimate of drug-likeness (QED) is 0.259. The third-order valence-electron chi connectivity index (χ3n) is 1.07. The third-order valence-corrected chi connectivity index (χ3v) is 1.96. The van der Waals surface area contributed by atoms with E-state index < -0.39 is 13.9 Å². The highest BCUT2D eigenvalue weighted by molar-refractivity contribution is 7.39. The summed E-state index contributed by atoms with van der Waals surface area (Å²) in [5.74, 6) is -1.27. The molecule has 2 unspecified atom stereocenters. The maximum Gasteiger partial charge on any atom is 0.253 e. The average Bonchev–Trinajstić information content (AvgIpc) is 2.10. The molecule has 6 nitrogen and oxygen atoms in total. The minimum Gasteiger partial charge on any atom is -0.382 e. The summed E-state index contributed by atoms with van der Waals surface area (Å²) < 4.78 is 23.5. The monoisotopic (exact) mass is 200 g/mol. The molecule has 0 aliphatic rings. The van der Waals surface area contributed by atoms with Crippen LogP contribution >= 0.6 is 8.03 Å². The summed E-state index contributed by atoms with van der Waals surface area (Å²) in [7, 11) is -1.29. The van der Waals surface area contributed by atoms with Gasteiger partial charge in [0.15, 0.2) is 5.85 Å². The lowest BCUT2D eigenvalue weighted by Crippen LogP contribution is -2.13. The second kappa shape index (κ2) is 7.67. The smallest absolute Gasteiger partial charge is 0.253 e. The molecule has 12 heavy (non-hydrogen) atoms. The summed E-state index contributed by atoms with van der Waals surface area (Å²) in [6.07, 6.45) is 0. The van der Waals surface area contributed by atoms with Gasteiger partial charge in [-0.2, -0.15) is 4.67 Å². The number of hydrogen-bond donors (Lipinski definition) is 2.